The molecule has 2 rings (SSSR count). The van der Waals surface area contributed by atoms with E-state index in [4.69, 9.17) is 28.9 Å². The highest BCUT2D eigenvalue weighted by atomic mass is 35.5. The van der Waals surface area contributed by atoms with Crippen LogP contribution in [0.1, 0.15) is 31.7 Å². The first-order valence-electron chi connectivity index (χ1n) is 5.70. The quantitative estimate of drug-likeness (QED) is 0.845. The van der Waals surface area contributed by atoms with E-state index in [1.165, 1.54) is 11.3 Å². The summed E-state index contributed by atoms with van der Waals surface area (Å²) in [6.07, 6.45) is 1.74. The number of halogens is 2. The molecule has 2 aromatic heterocycles. The third-order valence-corrected chi connectivity index (χ3v) is 5.67. The van der Waals surface area contributed by atoms with Crippen molar-refractivity contribution in [3.63, 3.8) is 0 Å². The summed E-state index contributed by atoms with van der Waals surface area (Å²) in [7, 11) is 0. The van der Waals surface area contributed by atoms with Gasteiger partial charge in [0.1, 0.15) is 9.34 Å². The Hall–Kier alpha value is -0.130. The molecule has 2 aromatic rings. The summed E-state index contributed by atoms with van der Waals surface area (Å²) in [4.78, 5) is 4.63. The molecule has 2 N–H and O–H groups in total. The molecule has 18 heavy (non-hydrogen) atoms. The van der Waals surface area contributed by atoms with Crippen molar-refractivity contribution < 1.29 is 0 Å². The fourth-order valence-corrected chi connectivity index (χ4v) is 4.25. The van der Waals surface area contributed by atoms with Gasteiger partial charge in [0.15, 0.2) is 0 Å². The summed E-state index contributed by atoms with van der Waals surface area (Å²) in [5.74, 6) is 0. The van der Waals surface area contributed by atoms with Gasteiger partial charge in [-0.2, -0.15) is 0 Å². The molecule has 0 spiro atoms. The molecule has 0 fully saturated rings. The minimum atomic E-state index is -0.338. The van der Waals surface area contributed by atoms with Gasteiger partial charge in [-0.3, -0.25) is 0 Å². The van der Waals surface area contributed by atoms with Crippen molar-refractivity contribution in [2.45, 2.75) is 32.2 Å². The first-order chi connectivity index (χ1) is 8.50. The third-order valence-electron chi connectivity index (χ3n) is 3.12. The average Bonchev–Trinajstić information content (AvgIpc) is 2.95. The normalized spacial score (nSPS) is 12.1. The molecule has 0 aliphatic heterocycles. The smallest absolute Gasteiger partial charge is 0.113 e. The van der Waals surface area contributed by atoms with E-state index in [1.54, 1.807) is 11.3 Å². The summed E-state index contributed by atoms with van der Waals surface area (Å²) >= 11 is 15.0. The maximum Gasteiger partial charge on any atom is 0.113 e. The number of nitrogens with two attached hydrogens (primary N) is 1. The van der Waals surface area contributed by atoms with Crippen molar-refractivity contribution >= 4 is 45.9 Å². The number of thiophene rings is 1. The van der Waals surface area contributed by atoms with E-state index in [1.807, 2.05) is 11.4 Å². The van der Waals surface area contributed by atoms with E-state index in [-0.39, 0.29) is 5.54 Å². The van der Waals surface area contributed by atoms with Crippen LogP contribution in [0.2, 0.25) is 8.67 Å². The van der Waals surface area contributed by atoms with Crippen LogP contribution in [0.3, 0.4) is 0 Å². The highest BCUT2D eigenvalue weighted by Crippen LogP contribution is 2.39. The fraction of sp³-hybridized carbons (Fsp3) is 0.417. The molecule has 6 heteroatoms. The lowest BCUT2D eigenvalue weighted by Crippen LogP contribution is -2.34. The minimum absolute atomic E-state index is 0.338. The molecule has 0 amide bonds. The van der Waals surface area contributed by atoms with Gasteiger partial charge in [0.25, 0.3) is 0 Å². The van der Waals surface area contributed by atoms with Gasteiger partial charge in [0.05, 0.1) is 15.6 Å². The van der Waals surface area contributed by atoms with Crippen LogP contribution in [0.15, 0.2) is 11.4 Å². The first kappa shape index (κ1) is 14.3. The second-order valence-electron chi connectivity index (χ2n) is 4.14. The molecule has 2 nitrogen and oxygen atoms in total. The van der Waals surface area contributed by atoms with Gasteiger partial charge >= 0.3 is 0 Å². The van der Waals surface area contributed by atoms with Crippen molar-refractivity contribution in [2.75, 3.05) is 0 Å². The van der Waals surface area contributed by atoms with Crippen LogP contribution >= 0.6 is 45.9 Å². The van der Waals surface area contributed by atoms with Crippen LogP contribution in [0.5, 0.6) is 0 Å². The van der Waals surface area contributed by atoms with E-state index in [0.717, 1.165) is 29.1 Å². The van der Waals surface area contributed by atoms with Gasteiger partial charge < -0.3 is 5.73 Å². The van der Waals surface area contributed by atoms with Crippen molar-refractivity contribution in [1.82, 2.24) is 4.98 Å². The SMILES string of the molecule is CCC(N)(CC)c1nc(-c2cc(Cl)sc2Cl)cs1. The Morgan fingerprint density at radius 1 is 1.33 bits per heavy atom. The Morgan fingerprint density at radius 2 is 2.00 bits per heavy atom. The maximum atomic E-state index is 6.34. The molecule has 0 bridgehead atoms. The number of nitrogens with zero attached hydrogens (tertiary/aromatic N) is 1. The molecule has 0 saturated heterocycles. The van der Waals surface area contributed by atoms with Crippen LogP contribution < -0.4 is 5.73 Å². The van der Waals surface area contributed by atoms with Gasteiger partial charge in [-0.1, -0.05) is 37.0 Å². The van der Waals surface area contributed by atoms with Crippen LogP contribution in [0, 0.1) is 0 Å². The molecule has 0 radical (unpaired) electrons. The number of thiazole rings is 1. The predicted molar refractivity (Wildman–Crippen MR) is 81.9 cm³/mol. The second-order valence-corrected chi connectivity index (χ2v) is 7.28. The molecule has 0 saturated carbocycles. The topological polar surface area (TPSA) is 38.9 Å². The van der Waals surface area contributed by atoms with Gasteiger partial charge in [0.2, 0.25) is 0 Å². The lowest BCUT2D eigenvalue weighted by molar-refractivity contribution is 0.411. The number of rotatable bonds is 4. The first-order valence-corrected chi connectivity index (χ1v) is 8.15. The van der Waals surface area contributed by atoms with E-state index in [2.05, 4.69) is 18.8 Å². The van der Waals surface area contributed by atoms with Crippen molar-refractivity contribution in [3.05, 3.63) is 25.1 Å². The molecule has 2 heterocycles. The summed E-state index contributed by atoms with van der Waals surface area (Å²) in [6.45, 7) is 4.16. The Morgan fingerprint density at radius 3 is 2.50 bits per heavy atom. The summed E-state index contributed by atoms with van der Waals surface area (Å²) < 4.78 is 1.35. The standard InChI is InChI=1S/C12H14Cl2N2S2/c1-3-12(15,4-2)11-16-8(6-17-11)7-5-9(13)18-10(7)14/h5-6H,3-4,15H2,1-2H3. The van der Waals surface area contributed by atoms with E-state index < -0.39 is 0 Å². The molecule has 0 aliphatic carbocycles. The molecule has 0 aliphatic rings. The monoisotopic (exact) mass is 320 g/mol. The predicted octanol–water partition coefficient (Wildman–Crippen LogP) is 5.15. The highest BCUT2D eigenvalue weighted by Gasteiger charge is 2.27. The van der Waals surface area contributed by atoms with Crippen LogP contribution in [0.25, 0.3) is 11.3 Å². The molecular formula is C12H14Cl2N2S2. The van der Waals surface area contributed by atoms with Crippen LogP contribution in [-0.2, 0) is 5.54 Å². The summed E-state index contributed by atoms with van der Waals surface area (Å²) in [5.41, 5.74) is 7.76. The van der Waals surface area contributed by atoms with Crippen LogP contribution in [-0.4, -0.2) is 4.98 Å². The molecular weight excluding hydrogens is 307 g/mol. The van der Waals surface area contributed by atoms with Crippen molar-refractivity contribution in [1.29, 1.82) is 0 Å². The van der Waals surface area contributed by atoms with Gasteiger partial charge in [-0.05, 0) is 18.9 Å². The Labute approximate surface area is 125 Å². The minimum Gasteiger partial charge on any atom is -0.319 e. The fourth-order valence-electron chi connectivity index (χ4n) is 1.69. The number of aromatic nitrogens is 1. The molecule has 98 valence electrons. The zero-order valence-electron chi connectivity index (χ0n) is 10.2. The number of hydrogen-bond donors (Lipinski definition) is 1. The average molecular weight is 321 g/mol. The van der Waals surface area contributed by atoms with Crippen LogP contribution in [0.4, 0.5) is 0 Å². The maximum absolute atomic E-state index is 6.34. The molecule has 0 aromatic carbocycles. The van der Waals surface area contributed by atoms with E-state index in [9.17, 15) is 0 Å². The Balaban J connectivity index is 2.39. The Kier molecular flexibility index (Phi) is 4.34. The highest BCUT2D eigenvalue weighted by molar-refractivity contribution is 7.20. The third kappa shape index (κ3) is 2.58. The molecule has 0 atom stereocenters. The summed E-state index contributed by atoms with van der Waals surface area (Å²) in [6, 6.07) is 1.85. The van der Waals surface area contributed by atoms with Crippen molar-refractivity contribution in [3.8, 4) is 11.3 Å². The zero-order chi connectivity index (χ0) is 13.3. The van der Waals surface area contributed by atoms with Crippen molar-refractivity contribution in [2.24, 2.45) is 5.73 Å². The lowest BCUT2D eigenvalue weighted by Gasteiger charge is -2.23. The lowest BCUT2D eigenvalue weighted by atomic mass is 9.95. The largest absolute Gasteiger partial charge is 0.319 e. The van der Waals surface area contributed by atoms with E-state index >= 15 is 0 Å². The zero-order valence-corrected chi connectivity index (χ0v) is 13.3. The van der Waals surface area contributed by atoms with Gasteiger partial charge in [0, 0.05) is 10.9 Å². The number of hydrogen-bond acceptors (Lipinski definition) is 4. The van der Waals surface area contributed by atoms with E-state index in [0.29, 0.717) is 8.67 Å². The summed E-state index contributed by atoms with van der Waals surface area (Å²) in [5, 5.41) is 2.95. The second kappa shape index (κ2) is 5.47. The molecule has 0 unspecified atom stereocenters. The Bertz CT molecular complexity index is 544. The van der Waals surface area contributed by atoms with Gasteiger partial charge in [-0.25, -0.2) is 4.98 Å². The van der Waals surface area contributed by atoms with Gasteiger partial charge in [-0.15, -0.1) is 22.7 Å².